The smallest absolute Gasteiger partial charge is 0.330 e. The Bertz CT molecular complexity index is 1170. The van der Waals surface area contributed by atoms with Gasteiger partial charge in [0, 0.05) is 24.0 Å². The number of nitrogen functional groups attached to an aromatic ring is 1. The number of anilines is 2. The second kappa shape index (κ2) is 9.02. The van der Waals surface area contributed by atoms with Gasteiger partial charge in [-0.3, -0.25) is 24.0 Å². The number of carbonyl (C=O) groups excluding carboxylic acids is 1. The van der Waals surface area contributed by atoms with E-state index in [1.165, 1.54) is 9.47 Å². The van der Waals surface area contributed by atoms with Gasteiger partial charge < -0.3 is 10.2 Å². The lowest BCUT2D eigenvalue weighted by atomic mass is 10.1. The molecular weight excluding hydrogens is 384 g/mol. The first kappa shape index (κ1) is 21.4. The minimum Gasteiger partial charge on any atom is -0.451 e. The number of aromatic nitrogens is 2. The lowest BCUT2D eigenvalue weighted by Crippen LogP contribution is -2.41. The molecule has 0 radical (unpaired) electrons. The first-order chi connectivity index (χ1) is 14.4. The largest absolute Gasteiger partial charge is 0.451 e. The van der Waals surface area contributed by atoms with Crippen LogP contribution >= 0.6 is 0 Å². The Morgan fingerprint density at radius 3 is 2.53 bits per heavy atom. The predicted octanol–water partition coefficient (Wildman–Crippen LogP) is 3.42. The van der Waals surface area contributed by atoms with Crippen LogP contribution < -0.4 is 21.9 Å². The summed E-state index contributed by atoms with van der Waals surface area (Å²) < 4.78 is 7.15. The van der Waals surface area contributed by atoms with E-state index >= 15 is 0 Å². The van der Waals surface area contributed by atoms with Gasteiger partial charge in [-0.15, -0.1) is 0 Å². The number of unbranched alkanes of at least 4 members (excludes halogenated alkanes) is 2. The van der Waals surface area contributed by atoms with Crippen LogP contribution in [-0.2, 0) is 6.54 Å². The third-order valence-corrected chi connectivity index (χ3v) is 5.24. The monoisotopic (exact) mass is 412 g/mol. The third kappa shape index (κ3) is 3.90. The van der Waals surface area contributed by atoms with Crippen molar-refractivity contribution in [3.8, 4) is 0 Å². The van der Waals surface area contributed by atoms with Crippen molar-refractivity contribution in [3.05, 3.63) is 56.4 Å². The first-order valence-electron chi connectivity index (χ1n) is 10.3. The van der Waals surface area contributed by atoms with Crippen molar-refractivity contribution in [2.45, 2.75) is 53.0 Å². The zero-order valence-electron chi connectivity index (χ0n) is 17.7. The van der Waals surface area contributed by atoms with Crippen molar-refractivity contribution >= 4 is 28.4 Å². The number of nitrogens with one attached hydrogen (secondary N) is 1. The van der Waals surface area contributed by atoms with Gasteiger partial charge in [0.05, 0.1) is 0 Å². The van der Waals surface area contributed by atoms with Gasteiger partial charge in [-0.25, -0.2) is 4.79 Å². The highest BCUT2D eigenvalue weighted by molar-refractivity contribution is 6.08. The predicted molar refractivity (Wildman–Crippen MR) is 118 cm³/mol. The van der Waals surface area contributed by atoms with E-state index in [0.717, 1.165) is 24.6 Å². The minimum atomic E-state index is -0.677. The second-order valence-electron chi connectivity index (χ2n) is 7.36. The topological polar surface area (TPSA) is 114 Å². The average molecular weight is 412 g/mol. The molecule has 0 fully saturated rings. The molecule has 0 saturated heterocycles. The van der Waals surface area contributed by atoms with E-state index in [9.17, 15) is 14.4 Å². The van der Waals surface area contributed by atoms with Gasteiger partial charge in [0.15, 0.2) is 11.4 Å². The van der Waals surface area contributed by atoms with Crippen molar-refractivity contribution in [2.24, 2.45) is 0 Å². The van der Waals surface area contributed by atoms with E-state index in [2.05, 4.69) is 4.98 Å². The summed E-state index contributed by atoms with van der Waals surface area (Å²) in [5.74, 6) is -0.289. The van der Waals surface area contributed by atoms with Crippen LogP contribution in [0.15, 0.2) is 38.3 Å². The summed E-state index contributed by atoms with van der Waals surface area (Å²) in [6.07, 6.45) is 3.06. The number of fused-ring (bicyclic) bond motifs is 1. The molecule has 0 atom stereocenters. The molecule has 0 unspecified atom stereocenters. The Morgan fingerprint density at radius 1 is 1.17 bits per heavy atom. The van der Waals surface area contributed by atoms with Gasteiger partial charge >= 0.3 is 5.69 Å². The molecule has 0 aliphatic carbocycles. The van der Waals surface area contributed by atoms with Gasteiger partial charge in [0.2, 0.25) is 0 Å². The Balaban J connectivity index is 2.14. The molecule has 160 valence electrons. The molecule has 3 N–H and O–H groups in total. The number of nitrogens with two attached hydrogens (primary N) is 1. The number of benzene rings is 1. The van der Waals surface area contributed by atoms with E-state index in [1.54, 1.807) is 6.07 Å². The molecule has 3 rings (SSSR count). The van der Waals surface area contributed by atoms with Crippen LogP contribution in [0.3, 0.4) is 0 Å². The number of para-hydroxylation sites is 1. The lowest BCUT2D eigenvalue weighted by molar-refractivity contribution is 0.0961. The van der Waals surface area contributed by atoms with Crippen molar-refractivity contribution in [2.75, 3.05) is 17.2 Å². The Hall–Kier alpha value is -3.29. The molecule has 0 saturated carbocycles. The lowest BCUT2D eigenvalue weighted by Gasteiger charge is -2.24. The fourth-order valence-corrected chi connectivity index (χ4v) is 3.51. The van der Waals surface area contributed by atoms with Gasteiger partial charge in [-0.2, -0.15) is 0 Å². The van der Waals surface area contributed by atoms with Crippen LogP contribution in [0.25, 0.3) is 11.0 Å². The fourth-order valence-electron chi connectivity index (χ4n) is 3.51. The maximum Gasteiger partial charge on any atom is 0.330 e. The van der Waals surface area contributed by atoms with Gasteiger partial charge in [-0.1, -0.05) is 44.9 Å². The van der Waals surface area contributed by atoms with E-state index in [0.29, 0.717) is 24.1 Å². The number of nitrogens with zero attached hydrogens (tertiary/aromatic N) is 2. The normalized spacial score (nSPS) is 11.2. The second-order valence-corrected chi connectivity index (χ2v) is 7.36. The average Bonchev–Trinajstić information content (AvgIpc) is 3.06. The Morgan fingerprint density at radius 2 is 1.87 bits per heavy atom. The molecule has 0 spiro atoms. The number of hydrogen-bond donors (Lipinski definition) is 2. The summed E-state index contributed by atoms with van der Waals surface area (Å²) in [5.41, 5.74) is 6.29. The number of carbonyl (C=O) groups is 1. The number of hydrogen-bond acceptors (Lipinski definition) is 5. The molecule has 8 nitrogen and oxygen atoms in total. The van der Waals surface area contributed by atoms with E-state index < -0.39 is 17.2 Å². The molecule has 3 aromatic rings. The van der Waals surface area contributed by atoms with Crippen LogP contribution in [0.5, 0.6) is 0 Å². The molecule has 0 bridgehead atoms. The summed E-state index contributed by atoms with van der Waals surface area (Å²) in [6.45, 7) is 6.45. The van der Waals surface area contributed by atoms with Gasteiger partial charge in [0.25, 0.3) is 11.5 Å². The van der Waals surface area contributed by atoms with Crippen LogP contribution in [0.4, 0.5) is 11.5 Å². The number of furan rings is 1. The Labute approximate surface area is 174 Å². The molecule has 0 aliphatic rings. The van der Waals surface area contributed by atoms with Crippen molar-refractivity contribution in [3.63, 3.8) is 0 Å². The SMILES string of the molecule is CCCCN(C(=O)c1oc2ccccc2c1C)c1c(N)n(CCCC)c(=O)[nH]c1=O. The summed E-state index contributed by atoms with van der Waals surface area (Å²) in [6, 6.07) is 7.38. The summed E-state index contributed by atoms with van der Waals surface area (Å²) in [7, 11) is 0. The zero-order chi connectivity index (χ0) is 21.8. The maximum absolute atomic E-state index is 13.5. The van der Waals surface area contributed by atoms with Crippen molar-refractivity contribution in [1.29, 1.82) is 0 Å². The number of aromatic amines is 1. The molecule has 2 heterocycles. The van der Waals surface area contributed by atoms with Crippen LogP contribution in [-0.4, -0.2) is 22.0 Å². The van der Waals surface area contributed by atoms with E-state index in [1.807, 2.05) is 39.0 Å². The highest BCUT2D eigenvalue weighted by atomic mass is 16.3. The summed E-state index contributed by atoms with van der Waals surface area (Å²) in [5, 5.41) is 0.839. The zero-order valence-corrected chi connectivity index (χ0v) is 17.7. The number of H-pyrrole nitrogens is 1. The van der Waals surface area contributed by atoms with Gasteiger partial charge in [0.1, 0.15) is 11.4 Å². The van der Waals surface area contributed by atoms with Crippen LogP contribution in [0, 0.1) is 6.92 Å². The third-order valence-electron chi connectivity index (χ3n) is 5.24. The molecular formula is C22H28N4O4. The van der Waals surface area contributed by atoms with Crippen molar-refractivity contribution in [1.82, 2.24) is 9.55 Å². The minimum absolute atomic E-state index is 0.00424. The van der Waals surface area contributed by atoms with Crippen LogP contribution in [0.1, 0.15) is 55.6 Å². The first-order valence-corrected chi connectivity index (χ1v) is 10.3. The van der Waals surface area contributed by atoms with Gasteiger partial charge in [-0.05, 0) is 25.8 Å². The molecule has 1 aromatic carbocycles. The Kier molecular flexibility index (Phi) is 6.44. The fraction of sp³-hybridized carbons (Fsp3) is 0.409. The van der Waals surface area contributed by atoms with Crippen molar-refractivity contribution < 1.29 is 9.21 Å². The van der Waals surface area contributed by atoms with Crippen LogP contribution in [0.2, 0.25) is 0 Å². The van der Waals surface area contributed by atoms with E-state index in [4.69, 9.17) is 10.2 Å². The molecule has 1 amide bonds. The number of aryl methyl sites for hydroxylation is 1. The maximum atomic E-state index is 13.5. The van der Waals surface area contributed by atoms with E-state index in [-0.39, 0.29) is 23.8 Å². The quantitative estimate of drug-likeness (QED) is 0.588. The molecule has 2 aromatic heterocycles. The number of amides is 1. The molecule has 30 heavy (non-hydrogen) atoms. The molecule has 8 heteroatoms. The highest BCUT2D eigenvalue weighted by Crippen LogP contribution is 2.28. The molecule has 0 aliphatic heterocycles. The summed E-state index contributed by atoms with van der Waals surface area (Å²) in [4.78, 5) is 42.1. The standard InChI is InChI=1S/C22H28N4O4/c1-4-6-12-25(17-19(23)26(13-7-5-2)22(29)24-20(17)27)21(28)18-14(3)15-10-8-9-11-16(15)30-18/h8-11H,4-7,12-13,23H2,1-3H3,(H,24,27,29). The highest BCUT2D eigenvalue weighted by Gasteiger charge is 2.28. The summed E-state index contributed by atoms with van der Waals surface area (Å²) >= 11 is 0. The number of rotatable bonds is 8.